The predicted octanol–water partition coefficient (Wildman–Crippen LogP) is 2.23. The molecule has 1 aromatic rings. The lowest BCUT2D eigenvalue weighted by atomic mass is 10.2. The first-order chi connectivity index (χ1) is 5.24. The Morgan fingerprint density at radius 1 is 1.36 bits per heavy atom. The molecule has 1 rings (SSSR count). The van der Waals surface area contributed by atoms with Crippen LogP contribution in [0.15, 0.2) is 23.4 Å². The van der Waals surface area contributed by atoms with Crippen LogP contribution in [0.4, 0.5) is 8.78 Å². The Labute approximate surface area is 61.8 Å². The van der Waals surface area contributed by atoms with Gasteiger partial charge in [-0.15, -0.1) is 0 Å². The molecule has 0 aliphatic heterocycles. The maximum absolute atomic E-state index is 12.6. The average molecular weight is 157 g/mol. The van der Waals surface area contributed by atoms with Crippen molar-refractivity contribution in [3.63, 3.8) is 0 Å². The van der Waals surface area contributed by atoms with Crippen LogP contribution in [0.25, 0.3) is 0 Å². The second kappa shape index (κ2) is 3.18. The summed E-state index contributed by atoms with van der Waals surface area (Å²) in [5.74, 6) is -1.17. The molecule has 0 aliphatic rings. The van der Waals surface area contributed by atoms with Crippen LogP contribution >= 0.6 is 0 Å². The monoisotopic (exact) mass is 157 g/mol. The van der Waals surface area contributed by atoms with E-state index in [1.807, 2.05) is 0 Å². The molecule has 0 saturated heterocycles. The highest BCUT2D eigenvalue weighted by atomic mass is 19.1. The fourth-order valence-electron chi connectivity index (χ4n) is 0.734. The minimum atomic E-state index is -0.606. The molecule has 11 heavy (non-hydrogen) atoms. The molecule has 0 aromatic heterocycles. The first-order valence-corrected chi connectivity index (χ1v) is 2.97. The van der Waals surface area contributed by atoms with Crippen LogP contribution in [0, 0.1) is 16.5 Å². The molecule has 0 amide bonds. The SMILES string of the molecule is O=NCc1cc(F)ccc1F. The third kappa shape index (κ3) is 1.80. The Balaban J connectivity index is 3.01. The van der Waals surface area contributed by atoms with Gasteiger partial charge in [0.25, 0.3) is 0 Å². The van der Waals surface area contributed by atoms with E-state index in [1.165, 1.54) is 0 Å². The van der Waals surface area contributed by atoms with E-state index in [4.69, 9.17) is 0 Å². The van der Waals surface area contributed by atoms with Crippen molar-refractivity contribution in [2.45, 2.75) is 6.54 Å². The third-order valence-electron chi connectivity index (χ3n) is 1.24. The highest BCUT2D eigenvalue weighted by Gasteiger charge is 2.02. The van der Waals surface area contributed by atoms with Gasteiger partial charge in [0.2, 0.25) is 0 Å². The molecule has 0 unspecified atom stereocenters. The van der Waals surface area contributed by atoms with Crippen molar-refractivity contribution in [3.05, 3.63) is 40.3 Å². The molecule has 0 N–H and O–H groups in total. The summed E-state index contributed by atoms with van der Waals surface area (Å²) in [4.78, 5) is 9.70. The smallest absolute Gasteiger partial charge is 0.128 e. The molecule has 2 nitrogen and oxygen atoms in total. The minimum Gasteiger partial charge on any atom is -0.207 e. The van der Waals surface area contributed by atoms with Gasteiger partial charge in [0.1, 0.15) is 18.2 Å². The molecule has 0 radical (unpaired) electrons. The molecular formula is C7H5F2NO. The highest BCUT2D eigenvalue weighted by Crippen LogP contribution is 2.10. The van der Waals surface area contributed by atoms with Gasteiger partial charge in [0.15, 0.2) is 0 Å². The Kier molecular flexibility index (Phi) is 2.25. The summed E-state index contributed by atoms with van der Waals surface area (Å²) < 4.78 is 25.0. The van der Waals surface area contributed by atoms with Crippen LogP contribution in [0.3, 0.4) is 0 Å². The van der Waals surface area contributed by atoms with Crippen molar-refractivity contribution >= 4 is 0 Å². The molecule has 1 aromatic carbocycles. The van der Waals surface area contributed by atoms with Gasteiger partial charge in [-0.25, -0.2) is 8.78 Å². The second-order valence-electron chi connectivity index (χ2n) is 2.02. The molecule has 0 fully saturated rings. The Morgan fingerprint density at radius 3 is 2.73 bits per heavy atom. The standard InChI is InChI=1S/C7H5F2NO/c8-6-1-2-7(9)5(3-6)4-10-11/h1-3H,4H2. The van der Waals surface area contributed by atoms with Gasteiger partial charge in [-0.05, 0) is 18.2 Å². The van der Waals surface area contributed by atoms with E-state index in [2.05, 4.69) is 5.18 Å². The van der Waals surface area contributed by atoms with Crippen LogP contribution in [0.1, 0.15) is 5.56 Å². The summed E-state index contributed by atoms with van der Waals surface area (Å²) >= 11 is 0. The van der Waals surface area contributed by atoms with Crippen molar-refractivity contribution in [2.75, 3.05) is 0 Å². The molecule has 0 atom stereocenters. The van der Waals surface area contributed by atoms with Crippen LogP contribution in [0.5, 0.6) is 0 Å². The van der Waals surface area contributed by atoms with Gasteiger partial charge in [-0.1, -0.05) is 5.18 Å². The fourth-order valence-corrected chi connectivity index (χ4v) is 0.734. The van der Waals surface area contributed by atoms with E-state index in [1.54, 1.807) is 0 Å². The van der Waals surface area contributed by atoms with Gasteiger partial charge in [0, 0.05) is 5.56 Å². The first-order valence-electron chi connectivity index (χ1n) is 2.97. The van der Waals surface area contributed by atoms with Crippen molar-refractivity contribution in [1.82, 2.24) is 0 Å². The molecule has 4 heteroatoms. The summed E-state index contributed by atoms with van der Waals surface area (Å²) in [6, 6.07) is 2.91. The fraction of sp³-hybridized carbons (Fsp3) is 0.143. The largest absolute Gasteiger partial charge is 0.207 e. The van der Waals surface area contributed by atoms with Gasteiger partial charge >= 0.3 is 0 Å². The van der Waals surface area contributed by atoms with Gasteiger partial charge in [-0.3, -0.25) is 0 Å². The van der Waals surface area contributed by atoms with Crippen molar-refractivity contribution in [3.8, 4) is 0 Å². The summed E-state index contributed by atoms with van der Waals surface area (Å²) in [6.07, 6.45) is 0. The summed E-state index contributed by atoms with van der Waals surface area (Å²) in [7, 11) is 0. The van der Waals surface area contributed by atoms with E-state index in [-0.39, 0.29) is 12.1 Å². The zero-order valence-corrected chi connectivity index (χ0v) is 5.55. The number of nitrogens with zero attached hydrogens (tertiary/aromatic N) is 1. The zero-order chi connectivity index (χ0) is 8.27. The van der Waals surface area contributed by atoms with E-state index in [9.17, 15) is 13.7 Å². The molecule has 0 heterocycles. The number of nitroso groups, excluding NO2 is 1. The lowest BCUT2D eigenvalue weighted by molar-refractivity contribution is 0.585. The van der Waals surface area contributed by atoms with Crippen molar-refractivity contribution < 1.29 is 8.78 Å². The van der Waals surface area contributed by atoms with Crippen LogP contribution < -0.4 is 0 Å². The molecule has 58 valence electrons. The number of hydrogen-bond donors (Lipinski definition) is 0. The van der Waals surface area contributed by atoms with E-state index in [0.717, 1.165) is 18.2 Å². The van der Waals surface area contributed by atoms with Gasteiger partial charge in [-0.2, -0.15) is 4.91 Å². The van der Waals surface area contributed by atoms with Gasteiger partial charge in [0.05, 0.1) is 0 Å². The lowest BCUT2D eigenvalue weighted by Gasteiger charge is -1.95. The van der Waals surface area contributed by atoms with E-state index in [0.29, 0.717) is 0 Å². The normalized spacial score (nSPS) is 9.64. The average Bonchev–Trinajstić information content (AvgIpc) is 1.98. The van der Waals surface area contributed by atoms with Crippen LogP contribution in [-0.2, 0) is 6.54 Å². The summed E-state index contributed by atoms with van der Waals surface area (Å²) in [5, 5.41) is 2.45. The molecule has 0 saturated carbocycles. The van der Waals surface area contributed by atoms with Crippen molar-refractivity contribution in [1.29, 1.82) is 0 Å². The number of rotatable bonds is 2. The topological polar surface area (TPSA) is 29.4 Å². The zero-order valence-electron chi connectivity index (χ0n) is 5.55. The third-order valence-corrected chi connectivity index (χ3v) is 1.24. The molecule has 0 bridgehead atoms. The van der Waals surface area contributed by atoms with Crippen LogP contribution in [-0.4, -0.2) is 0 Å². The first kappa shape index (κ1) is 7.78. The van der Waals surface area contributed by atoms with Crippen molar-refractivity contribution in [2.24, 2.45) is 5.18 Å². The lowest BCUT2D eigenvalue weighted by Crippen LogP contribution is -1.88. The maximum Gasteiger partial charge on any atom is 0.128 e. The Morgan fingerprint density at radius 2 is 2.09 bits per heavy atom. The maximum atomic E-state index is 12.6. The summed E-state index contributed by atoms with van der Waals surface area (Å²) in [6.45, 7) is -0.330. The Bertz CT molecular complexity index is 275. The minimum absolute atomic E-state index is 0.0139. The van der Waals surface area contributed by atoms with E-state index < -0.39 is 11.6 Å². The highest BCUT2D eigenvalue weighted by molar-refractivity contribution is 5.18. The number of hydrogen-bond acceptors (Lipinski definition) is 2. The molecule has 0 spiro atoms. The predicted molar refractivity (Wildman–Crippen MR) is 35.9 cm³/mol. The van der Waals surface area contributed by atoms with E-state index >= 15 is 0 Å². The van der Waals surface area contributed by atoms with Gasteiger partial charge < -0.3 is 0 Å². The second-order valence-corrected chi connectivity index (χ2v) is 2.02. The summed E-state index contributed by atoms with van der Waals surface area (Å²) in [5.41, 5.74) is -0.0139. The molecular weight excluding hydrogens is 152 g/mol. The number of benzene rings is 1. The van der Waals surface area contributed by atoms with Crippen LogP contribution in [0.2, 0.25) is 0 Å². The Hall–Kier alpha value is -1.32. The molecule has 0 aliphatic carbocycles. The quantitative estimate of drug-likeness (QED) is 0.605. The number of halogens is 2.